The van der Waals surface area contributed by atoms with Crippen LogP contribution < -0.4 is 0 Å². The molecule has 24 heavy (non-hydrogen) atoms. The minimum Gasteiger partial charge on any atom is -0.303 e. The Kier molecular flexibility index (Phi) is 2.76. The molecule has 2 aromatic carbocycles. The Balaban J connectivity index is 1.65. The maximum atomic E-state index is 13.4. The first-order valence-electron chi connectivity index (χ1n) is 8.62. The second kappa shape index (κ2) is 4.76. The molecule has 0 bridgehead atoms. The minimum atomic E-state index is -0.490. The minimum absolute atomic E-state index is 0.0528. The zero-order chi connectivity index (χ0) is 16.3. The van der Waals surface area contributed by atoms with Crippen molar-refractivity contribution in [3.8, 4) is 0 Å². The van der Waals surface area contributed by atoms with Crippen molar-refractivity contribution in [2.75, 3.05) is 0 Å². The van der Waals surface area contributed by atoms with Gasteiger partial charge in [-0.15, -0.1) is 0 Å². The third-order valence-electron chi connectivity index (χ3n) is 6.32. The van der Waals surface area contributed by atoms with Gasteiger partial charge >= 0.3 is 0 Å². The molecule has 3 aliphatic rings. The molecule has 2 aromatic rings. The first kappa shape index (κ1) is 13.9. The molecule has 1 fully saturated rings. The molecular weight excluding hydrogens is 296 g/mol. The molecule has 1 saturated carbocycles. The number of Topliss-reactive ketones (excluding diaryl/α,β-unsaturated/α-hetero) is 1. The highest BCUT2D eigenvalue weighted by Gasteiger charge is 2.75. The van der Waals surface area contributed by atoms with Crippen LogP contribution in [0.1, 0.15) is 27.9 Å². The fraction of sp³-hybridized carbons (Fsp3) is 0.273. The standard InChI is InChI=1S/C22H18O2/c23-13-19-20-17(14-6-2-1-3-7-14)11-10-16-12-15-8-4-5-9-18(15)21(24)22(16,19)20/h1-9,11,13,16,19-20H,10,12H2/t16-,19+,20?,22?/m0/s1. The van der Waals surface area contributed by atoms with Crippen molar-refractivity contribution in [1.82, 2.24) is 0 Å². The average molecular weight is 314 g/mol. The van der Waals surface area contributed by atoms with Crippen LogP contribution in [0.3, 0.4) is 0 Å². The van der Waals surface area contributed by atoms with Gasteiger partial charge in [0.1, 0.15) is 6.29 Å². The van der Waals surface area contributed by atoms with E-state index < -0.39 is 5.41 Å². The van der Waals surface area contributed by atoms with Crippen molar-refractivity contribution < 1.29 is 9.59 Å². The van der Waals surface area contributed by atoms with Crippen molar-refractivity contribution in [1.29, 1.82) is 0 Å². The Labute approximate surface area is 141 Å². The monoisotopic (exact) mass is 314 g/mol. The van der Waals surface area contributed by atoms with Gasteiger partial charge in [0.25, 0.3) is 0 Å². The number of ketones is 1. The second-order valence-corrected chi connectivity index (χ2v) is 7.22. The number of hydrogen-bond acceptors (Lipinski definition) is 2. The van der Waals surface area contributed by atoms with Gasteiger partial charge < -0.3 is 4.79 Å². The molecule has 0 heterocycles. The lowest BCUT2D eigenvalue weighted by atomic mass is 9.66. The molecule has 3 aliphatic carbocycles. The Hall–Kier alpha value is -2.48. The van der Waals surface area contributed by atoms with E-state index in [9.17, 15) is 9.59 Å². The highest BCUT2D eigenvalue weighted by atomic mass is 16.1. The molecule has 118 valence electrons. The molecule has 2 nitrogen and oxygen atoms in total. The predicted octanol–water partition coefficient (Wildman–Crippen LogP) is 3.96. The lowest BCUT2D eigenvalue weighted by Gasteiger charge is -2.36. The fourth-order valence-electron chi connectivity index (χ4n) is 5.27. The third-order valence-corrected chi connectivity index (χ3v) is 6.32. The van der Waals surface area contributed by atoms with Gasteiger partial charge in [0, 0.05) is 17.4 Å². The molecule has 1 spiro atoms. The normalized spacial score (nSPS) is 32.9. The van der Waals surface area contributed by atoms with Crippen LogP contribution in [-0.4, -0.2) is 12.1 Å². The summed E-state index contributed by atoms with van der Waals surface area (Å²) in [6.07, 6.45) is 5.09. The van der Waals surface area contributed by atoms with Gasteiger partial charge in [-0.25, -0.2) is 0 Å². The number of aldehydes is 1. The summed E-state index contributed by atoms with van der Waals surface area (Å²) in [5.41, 5.74) is 3.83. The van der Waals surface area contributed by atoms with Crippen molar-refractivity contribution in [2.45, 2.75) is 12.8 Å². The van der Waals surface area contributed by atoms with Crippen molar-refractivity contribution in [3.05, 3.63) is 77.4 Å². The van der Waals surface area contributed by atoms with Crippen LogP contribution in [0.2, 0.25) is 0 Å². The maximum absolute atomic E-state index is 13.4. The van der Waals surface area contributed by atoms with Crippen LogP contribution >= 0.6 is 0 Å². The van der Waals surface area contributed by atoms with E-state index in [-0.39, 0.29) is 23.5 Å². The van der Waals surface area contributed by atoms with Crippen molar-refractivity contribution >= 4 is 17.6 Å². The van der Waals surface area contributed by atoms with Crippen LogP contribution in [0.25, 0.3) is 5.57 Å². The molecular formula is C22H18O2. The smallest absolute Gasteiger partial charge is 0.170 e. The van der Waals surface area contributed by atoms with E-state index in [1.165, 1.54) is 5.57 Å². The van der Waals surface area contributed by atoms with Gasteiger partial charge in [-0.3, -0.25) is 4.79 Å². The number of carbonyl (C=O) groups is 2. The average Bonchev–Trinajstić information content (AvgIpc) is 3.32. The summed E-state index contributed by atoms with van der Waals surface area (Å²) < 4.78 is 0. The Bertz CT molecular complexity index is 880. The summed E-state index contributed by atoms with van der Waals surface area (Å²) >= 11 is 0. The van der Waals surface area contributed by atoms with Gasteiger partial charge in [0.2, 0.25) is 0 Å². The fourth-order valence-corrected chi connectivity index (χ4v) is 5.27. The number of rotatable bonds is 2. The van der Waals surface area contributed by atoms with Gasteiger partial charge in [-0.05, 0) is 35.5 Å². The lowest BCUT2D eigenvalue weighted by Crippen LogP contribution is -2.37. The molecule has 0 radical (unpaired) electrons. The van der Waals surface area contributed by atoms with E-state index in [1.807, 2.05) is 36.4 Å². The van der Waals surface area contributed by atoms with E-state index in [2.05, 4.69) is 24.3 Å². The first-order chi connectivity index (χ1) is 11.8. The second-order valence-electron chi connectivity index (χ2n) is 7.22. The molecule has 0 aromatic heterocycles. The molecule has 0 aliphatic heterocycles. The topological polar surface area (TPSA) is 34.1 Å². The molecule has 0 N–H and O–H groups in total. The molecule has 4 atom stereocenters. The summed E-state index contributed by atoms with van der Waals surface area (Å²) in [6, 6.07) is 18.1. The number of benzene rings is 2. The van der Waals surface area contributed by atoms with Crippen LogP contribution in [0.4, 0.5) is 0 Å². The summed E-state index contributed by atoms with van der Waals surface area (Å²) in [4.78, 5) is 25.2. The van der Waals surface area contributed by atoms with Gasteiger partial charge in [-0.1, -0.05) is 60.7 Å². The number of allylic oxidation sites excluding steroid dienone is 2. The molecule has 2 unspecified atom stereocenters. The van der Waals surface area contributed by atoms with Gasteiger partial charge in [0.15, 0.2) is 5.78 Å². The van der Waals surface area contributed by atoms with E-state index in [0.29, 0.717) is 0 Å². The zero-order valence-electron chi connectivity index (χ0n) is 13.3. The van der Waals surface area contributed by atoms with E-state index in [1.54, 1.807) is 0 Å². The van der Waals surface area contributed by atoms with Gasteiger partial charge in [0.05, 0.1) is 5.41 Å². The van der Waals surface area contributed by atoms with Crippen LogP contribution in [0, 0.1) is 23.2 Å². The first-order valence-corrected chi connectivity index (χ1v) is 8.62. The maximum Gasteiger partial charge on any atom is 0.170 e. The number of fused-ring (bicyclic) bond motifs is 1. The summed E-state index contributed by atoms with van der Waals surface area (Å²) in [6.45, 7) is 0. The lowest BCUT2D eigenvalue weighted by molar-refractivity contribution is -0.109. The summed E-state index contributed by atoms with van der Waals surface area (Å²) in [7, 11) is 0. The molecule has 2 heteroatoms. The van der Waals surface area contributed by atoms with Crippen LogP contribution in [0.15, 0.2) is 60.7 Å². The molecule has 5 rings (SSSR count). The SMILES string of the molecule is O=C[C@@H]1C2C(c3ccccc3)=CC[C@H]3Cc4ccccc4C(=O)C231. The van der Waals surface area contributed by atoms with Crippen LogP contribution in [-0.2, 0) is 11.2 Å². The summed E-state index contributed by atoms with van der Waals surface area (Å²) in [5.74, 6) is 0.333. The molecule has 0 amide bonds. The molecule has 0 saturated heterocycles. The number of hydrogen-bond donors (Lipinski definition) is 0. The quantitative estimate of drug-likeness (QED) is 0.786. The number of carbonyl (C=O) groups excluding carboxylic acids is 2. The van der Waals surface area contributed by atoms with Crippen molar-refractivity contribution in [3.63, 3.8) is 0 Å². The highest BCUT2D eigenvalue weighted by Crippen LogP contribution is 2.72. The largest absolute Gasteiger partial charge is 0.303 e. The van der Waals surface area contributed by atoms with Crippen LogP contribution in [0.5, 0.6) is 0 Å². The van der Waals surface area contributed by atoms with E-state index >= 15 is 0 Å². The van der Waals surface area contributed by atoms with E-state index in [4.69, 9.17) is 0 Å². The Morgan fingerprint density at radius 2 is 1.75 bits per heavy atom. The van der Waals surface area contributed by atoms with Gasteiger partial charge in [-0.2, -0.15) is 0 Å². The van der Waals surface area contributed by atoms with Crippen molar-refractivity contribution in [2.24, 2.45) is 23.2 Å². The summed E-state index contributed by atoms with van der Waals surface area (Å²) in [5, 5.41) is 0. The Morgan fingerprint density at radius 1 is 1.00 bits per heavy atom. The van der Waals surface area contributed by atoms with E-state index in [0.717, 1.165) is 35.8 Å². The predicted molar refractivity (Wildman–Crippen MR) is 92.5 cm³/mol. The highest BCUT2D eigenvalue weighted by molar-refractivity contribution is 6.10. The Morgan fingerprint density at radius 3 is 2.54 bits per heavy atom. The third kappa shape index (κ3) is 1.56. The zero-order valence-corrected chi connectivity index (χ0v) is 13.3.